The van der Waals surface area contributed by atoms with Crippen LogP contribution in [0.3, 0.4) is 0 Å². The average Bonchev–Trinajstić information content (AvgIpc) is 2.45. The quantitative estimate of drug-likeness (QED) is 0.672. The van der Waals surface area contributed by atoms with Gasteiger partial charge in [0.25, 0.3) is 0 Å². The SMILES string of the molecule is COc1cccc(C=C(C(=O)O)c2ccccc2)c1. The first-order valence-electron chi connectivity index (χ1n) is 5.85. The minimum Gasteiger partial charge on any atom is -0.497 e. The minimum atomic E-state index is -0.950. The smallest absolute Gasteiger partial charge is 0.336 e. The molecule has 0 saturated carbocycles. The number of carboxylic acid groups (broad SMARTS) is 1. The Morgan fingerprint density at radius 2 is 1.84 bits per heavy atom. The summed E-state index contributed by atoms with van der Waals surface area (Å²) in [6, 6.07) is 16.3. The molecule has 2 aromatic rings. The van der Waals surface area contributed by atoms with Crippen LogP contribution in [-0.2, 0) is 4.79 Å². The Morgan fingerprint density at radius 1 is 1.11 bits per heavy atom. The fourth-order valence-corrected chi connectivity index (χ4v) is 1.78. The molecule has 0 unspecified atom stereocenters. The van der Waals surface area contributed by atoms with E-state index in [4.69, 9.17) is 4.74 Å². The van der Waals surface area contributed by atoms with Crippen molar-refractivity contribution >= 4 is 17.6 Å². The summed E-state index contributed by atoms with van der Waals surface area (Å²) in [6.45, 7) is 0. The highest BCUT2D eigenvalue weighted by molar-refractivity contribution is 6.20. The lowest BCUT2D eigenvalue weighted by Crippen LogP contribution is -1.99. The molecule has 0 aliphatic carbocycles. The molecule has 2 aromatic carbocycles. The van der Waals surface area contributed by atoms with Crippen LogP contribution in [0, 0.1) is 0 Å². The van der Waals surface area contributed by atoms with Crippen LogP contribution >= 0.6 is 0 Å². The van der Waals surface area contributed by atoms with Crippen LogP contribution in [0.25, 0.3) is 11.6 Å². The highest BCUT2D eigenvalue weighted by Gasteiger charge is 2.09. The number of carbonyl (C=O) groups is 1. The van der Waals surface area contributed by atoms with Crippen LogP contribution in [0.1, 0.15) is 11.1 Å². The molecular weight excluding hydrogens is 240 g/mol. The molecule has 3 nitrogen and oxygen atoms in total. The van der Waals surface area contributed by atoms with Crippen LogP contribution in [-0.4, -0.2) is 18.2 Å². The van der Waals surface area contributed by atoms with Crippen molar-refractivity contribution in [3.63, 3.8) is 0 Å². The summed E-state index contributed by atoms with van der Waals surface area (Å²) in [6.07, 6.45) is 1.64. The number of methoxy groups -OCH3 is 1. The van der Waals surface area contributed by atoms with Crippen LogP contribution in [0.5, 0.6) is 5.75 Å². The first kappa shape index (κ1) is 12.9. The molecule has 19 heavy (non-hydrogen) atoms. The summed E-state index contributed by atoms with van der Waals surface area (Å²) >= 11 is 0. The maximum Gasteiger partial charge on any atom is 0.336 e. The first-order valence-corrected chi connectivity index (χ1v) is 5.85. The van der Waals surface area contributed by atoms with Gasteiger partial charge in [-0.1, -0.05) is 42.5 Å². The number of aliphatic carboxylic acids is 1. The van der Waals surface area contributed by atoms with Gasteiger partial charge in [-0.05, 0) is 29.3 Å². The molecule has 1 N–H and O–H groups in total. The van der Waals surface area contributed by atoms with Crippen molar-refractivity contribution in [1.82, 2.24) is 0 Å². The van der Waals surface area contributed by atoms with Crippen LogP contribution < -0.4 is 4.74 Å². The van der Waals surface area contributed by atoms with Crippen LogP contribution in [0.15, 0.2) is 54.6 Å². The third-order valence-electron chi connectivity index (χ3n) is 2.72. The van der Waals surface area contributed by atoms with Gasteiger partial charge in [0.2, 0.25) is 0 Å². The predicted octanol–water partition coefficient (Wildman–Crippen LogP) is 3.32. The van der Waals surface area contributed by atoms with Gasteiger partial charge in [0, 0.05) is 0 Å². The van der Waals surface area contributed by atoms with Crippen molar-refractivity contribution in [3.05, 3.63) is 65.7 Å². The summed E-state index contributed by atoms with van der Waals surface area (Å²) in [4.78, 5) is 11.4. The van der Waals surface area contributed by atoms with Crippen LogP contribution in [0.2, 0.25) is 0 Å². The summed E-state index contributed by atoms with van der Waals surface area (Å²) < 4.78 is 5.13. The topological polar surface area (TPSA) is 46.5 Å². The largest absolute Gasteiger partial charge is 0.497 e. The van der Waals surface area contributed by atoms with E-state index < -0.39 is 5.97 Å². The zero-order valence-corrected chi connectivity index (χ0v) is 10.5. The number of hydrogen-bond donors (Lipinski definition) is 1. The maximum atomic E-state index is 11.4. The van der Waals surface area contributed by atoms with Crippen LogP contribution in [0.4, 0.5) is 0 Å². The van der Waals surface area contributed by atoms with Crippen molar-refractivity contribution in [3.8, 4) is 5.75 Å². The van der Waals surface area contributed by atoms with Gasteiger partial charge < -0.3 is 9.84 Å². The van der Waals surface area contributed by atoms with E-state index in [1.807, 2.05) is 36.4 Å². The fourth-order valence-electron chi connectivity index (χ4n) is 1.78. The van der Waals surface area contributed by atoms with E-state index in [0.717, 1.165) is 5.56 Å². The molecule has 0 atom stereocenters. The Labute approximate surface area is 111 Å². The molecule has 2 rings (SSSR count). The Hall–Kier alpha value is -2.55. The van der Waals surface area contributed by atoms with E-state index in [9.17, 15) is 9.90 Å². The van der Waals surface area contributed by atoms with Gasteiger partial charge in [-0.15, -0.1) is 0 Å². The van der Waals surface area contributed by atoms with Gasteiger partial charge in [-0.25, -0.2) is 4.79 Å². The van der Waals surface area contributed by atoms with E-state index in [0.29, 0.717) is 11.3 Å². The standard InChI is InChI=1S/C16H14O3/c1-19-14-9-5-6-12(10-14)11-15(16(17)18)13-7-3-2-4-8-13/h2-11H,1H3,(H,17,18). The van der Waals surface area contributed by atoms with Gasteiger partial charge >= 0.3 is 5.97 Å². The van der Waals surface area contributed by atoms with E-state index in [1.165, 1.54) is 0 Å². The number of hydrogen-bond acceptors (Lipinski definition) is 2. The molecule has 96 valence electrons. The highest BCUT2D eigenvalue weighted by atomic mass is 16.5. The fraction of sp³-hybridized carbons (Fsp3) is 0.0625. The minimum absolute atomic E-state index is 0.258. The molecule has 0 aliphatic heterocycles. The Kier molecular flexibility index (Phi) is 3.98. The van der Waals surface area contributed by atoms with E-state index in [-0.39, 0.29) is 5.57 Å². The summed E-state index contributed by atoms with van der Waals surface area (Å²) in [5.41, 5.74) is 1.73. The van der Waals surface area contributed by atoms with Gasteiger partial charge in [-0.2, -0.15) is 0 Å². The van der Waals surface area contributed by atoms with Crippen molar-refractivity contribution < 1.29 is 14.6 Å². The van der Waals surface area contributed by atoms with Crippen molar-refractivity contribution in [2.75, 3.05) is 7.11 Å². The predicted molar refractivity (Wildman–Crippen MR) is 74.9 cm³/mol. The zero-order valence-electron chi connectivity index (χ0n) is 10.5. The molecule has 0 amide bonds. The Morgan fingerprint density at radius 3 is 2.47 bits per heavy atom. The lowest BCUT2D eigenvalue weighted by Gasteiger charge is -2.04. The summed E-state index contributed by atoms with van der Waals surface area (Å²) in [7, 11) is 1.58. The first-order chi connectivity index (χ1) is 9.20. The Balaban J connectivity index is 2.44. The van der Waals surface area contributed by atoms with E-state index in [2.05, 4.69) is 0 Å². The third kappa shape index (κ3) is 3.22. The van der Waals surface area contributed by atoms with Crippen molar-refractivity contribution in [1.29, 1.82) is 0 Å². The number of ether oxygens (including phenoxy) is 1. The number of carboxylic acids is 1. The Bertz CT molecular complexity index is 600. The molecule has 0 spiro atoms. The molecule has 0 aromatic heterocycles. The second-order valence-corrected chi connectivity index (χ2v) is 4.01. The molecule has 3 heteroatoms. The molecule has 0 radical (unpaired) electrons. The van der Waals surface area contributed by atoms with E-state index in [1.54, 1.807) is 31.4 Å². The van der Waals surface area contributed by atoms with Gasteiger partial charge in [0.15, 0.2) is 0 Å². The second-order valence-electron chi connectivity index (χ2n) is 4.01. The number of rotatable bonds is 4. The van der Waals surface area contributed by atoms with Gasteiger partial charge in [0.1, 0.15) is 5.75 Å². The lowest BCUT2D eigenvalue weighted by molar-refractivity contribution is -0.130. The summed E-state index contributed by atoms with van der Waals surface area (Å²) in [5.74, 6) is -0.249. The second kappa shape index (κ2) is 5.87. The van der Waals surface area contributed by atoms with Gasteiger partial charge in [-0.3, -0.25) is 0 Å². The molecule has 0 heterocycles. The molecule has 0 saturated heterocycles. The highest BCUT2D eigenvalue weighted by Crippen LogP contribution is 2.21. The summed E-state index contributed by atoms with van der Waals surface area (Å²) in [5, 5.41) is 9.31. The maximum absolute atomic E-state index is 11.4. The van der Waals surface area contributed by atoms with Crippen molar-refractivity contribution in [2.45, 2.75) is 0 Å². The monoisotopic (exact) mass is 254 g/mol. The number of benzene rings is 2. The average molecular weight is 254 g/mol. The normalized spacial score (nSPS) is 11.1. The molecule has 0 aliphatic rings. The third-order valence-corrected chi connectivity index (χ3v) is 2.72. The van der Waals surface area contributed by atoms with Crippen molar-refractivity contribution in [2.24, 2.45) is 0 Å². The molecular formula is C16H14O3. The zero-order chi connectivity index (χ0) is 13.7. The van der Waals surface area contributed by atoms with Gasteiger partial charge in [0.05, 0.1) is 12.7 Å². The lowest BCUT2D eigenvalue weighted by atomic mass is 10.0. The van der Waals surface area contributed by atoms with E-state index >= 15 is 0 Å². The molecule has 0 bridgehead atoms. The molecule has 0 fully saturated rings.